The second-order valence-corrected chi connectivity index (χ2v) is 6.67. The van der Waals surface area contributed by atoms with Crippen molar-refractivity contribution in [2.75, 3.05) is 20.1 Å². The van der Waals surface area contributed by atoms with Crippen LogP contribution in [0.15, 0.2) is 30.3 Å². The molecule has 1 saturated heterocycles. The number of piperidine rings is 1. The molecule has 0 spiro atoms. The lowest BCUT2D eigenvalue weighted by Gasteiger charge is -2.41. The molecule has 1 N–H and O–H groups in total. The van der Waals surface area contributed by atoms with Crippen LogP contribution in [0.25, 0.3) is 0 Å². The van der Waals surface area contributed by atoms with Crippen LogP contribution in [0.5, 0.6) is 0 Å². The van der Waals surface area contributed by atoms with Crippen molar-refractivity contribution in [3.63, 3.8) is 0 Å². The van der Waals surface area contributed by atoms with Crippen molar-refractivity contribution in [3.8, 4) is 0 Å². The van der Waals surface area contributed by atoms with Gasteiger partial charge in [0.25, 0.3) is 0 Å². The molecule has 3 rings (SSSR count). The lowest BCUT2D eigenvalue weighted by molar-refractivity contribution is -0.185. The molecular formula is C18H25NO3. The van der Waals surface area contributed by atoms with E-state index in [1.54, 1.807) is 0 Å². The maximum atomic E-state index is 12.8. The first-order valence-corrected chi connectivity index (χ1v) is 8.28. The summed E-state index contributed by atoms with van der Waals surface area (Å²) in [6.07, 6.45) is 4.46. The number of carbonyl (C=O) groups excluding carboxylic acids is 1. The Morgan fingerprint density at radius 3 is 2.36 bits per heavy atom. The van der Waals surface area contributed by atoms with E-state index in [4.69, 9.17) is 4.74 Å². The Labute approximate surface area is 132 Å². The average molecular weight is 303 g/mol. The molecule has 1 aliphatic carbocycles. The molecule has 0 bridgehead atoms. The second kappa shape index (κ2) is 6.39. The van der Waals surface area contributed by atoms with Crippen molar-refractivity contribution in [2.24, 2.45) is 5.92 Å². The van der Waals surface area contributed by atoms with Gasteiger partial charge in [-0.15, -0.1) is 0 Å². The zero-order chi connectivity index (χ0) is 15.6. The largest absolute Gasteiger partial charge is 0.460 e. The summed E-state index contributed by atoms with van der Waals surface area (Å²) < 4.78 is 5.70. The number of rotatable bonds is 4. The predicted octanol–water partition coefficient (Wildman–Crippen LogP) is 2.31. The Morgan fingerprint density at radius 1 is 1.18 bits per heavy atom. The minimum atomic E-state index is -1.48. The van der Waals surface area contributed by atoms with Gasteiger partial charge in [0, 0.05) is 19.0 Å². The molecule has 0 radical (unpaired) electrons. The molecule has 0 aromatic heterocycles. The first-order valence-electron chi connectivity index (χ1n) is 8.28. The molecular weight excluding hydrogens is 278 g/mol. The topological polar surface area (TPSA) is 49.8 Å². The van der Waals surface area contributed by atoms with Crippen LogP contribution in [0, 0.1) is 5.92 Å². The summed E-state index contributed by atoms with van der Waals surface area (Å²) in [7, 11) is 2.08. The highest BCUT2D eigenvalue weighted by molar-refractivity contribution is 5.82. The number of hydrogen-bond donors (Lipinski definition) is 1. The van der Waals surface area contributed by atoms with Crippen LogP contribution in [0.1, 0.15) is 37.7 Å². The predicted molar refractivity (Wildman–Crippen MR) is 84.3 cm³/mol. The number of carbonyl (C=O) groups is 1. The van der Waals surface area contributed by atoms with Crippen LogP contribution in [-0.4, -0.2) is 42.2 Å². The highest BCUT2D eigenvalue weighted by Gasteiger charge is 2.49. The van der Waals surface area contributed by atoms with E-state index in [0.717, 1.165) is 45.2 Å². The molecule has 1 saturated carbocycles. The van der Waals surface area contributed by atoms with Crippen molar-refractivity contribution in [1.82, 2.24) is 4.90 Å². The number of ether oxygens (including phenoxy) is 1. The van der Waals surface area contributed by atoms with Gasteiger partial charge in [-0.2, -0.15) is 0 Å². The number of likely N-dealkylation sites (tertiary alicyclic amines) is 1. The van der Waals surface area contributed by atoms with Gasteiger partial charge in [0.05, 0.1) is 0 Å². The van der Waals surface area contributed by atoms with E-state index >= 15 is 0 Å². The molecule has 4 heteroatoms. The van der Waals surface area contributed by atoms with Crippen LogP contribution in [0.3, 0.4) is 0 Å². The molecule has 1 aromatic carbocycles. The molecule has 1 unspecified atom stereocenters. The summed E-state index contributed by atoms with van der Waals surface area (Å²) in [4.78, 5) is 15.0. The zero-order valence-electron chi connectivity index (χ0n) is 13.2. The van der Waals surface area contributed by atoms with Crippen molar-refractivity contribution >= 4 is 5.97 Å². The van der Waals surface area contributed by atoms with Crippen LogP contribution in [0.4, 0.5) is 0 Å². The number of aliphatic hydroxyl groups is 1. The molecule has 22 heavy (non-hydrogen) atoms. The molecule has 1 atom stereocenters. The Hall–Kier alpha value is -1.39. The fourth-order valence-electron chi connectivity index (χ4n) is 3.38. The Morgan fingerprint density at radius 2 is 1.82 bits per heavy atom. The van der Waals surface area contributed by atoms with E-state index in [0.29, 0.717) is 5.56 Å². The summed E-state index contributed by atoms with van der Waals surface area (Å²) in [6.45, 7) is 1.87. The third-order valence-electron chi connectivity index (χ3n) is 5.16. The fraction of sp³-hybridized carbons (Fsp3) is 0.611. The first kappa shape index (κ1) is 15.5. The summed E-state index contributed by atoms with van der Waals surface area (Å²) in [6, 6.07) is 9.28. The summed E-state index contributed by atoms with van der Waals surface area (Å²) in [5.41, 5.74) is -0.819. The molecule has 1 heterocycles. The zero-order valence-corrected chi connectivity index (χ0v) is 13.2. The monoisotopic (exact) mass is 303 g/mol. The van der Waals surface area contributed by atoms with E-state index in [1.165, 1.54) is 0 Å². The number of benzene rings is 1. The first-order chi connectivity index (χ1) is 10.6. The molecule has 4 nitrogen and oxygen atoms in total. The van der Waals surface area contributed by atoms with Crippen molar-refractivity contribution in [3.05, 3.63) is 35.9 Å². The van der Waals surface area contributed by atoms with E-state index in [2.05, 4.69) is 11.9 Å². The van der Waals surface area contributed by atoms with Gasteiger partial charge in [0.2, 0.25) is 0 Å². The Bertz CT molecular complexity index is 506. The maximum absolute atomic E-state index is 12.8. The normalized spacial score (nSPS) is 23.5. The van der Waals surface area contributed by atoms with Crippen LogP contribution < -0.4 is 0 Å². The molecule has 2 aliphatic rings. The molecule has 1 aliphatic heterocycles. The lowest BCUT2D eigenvalue weighted by Crippen LogP contribution is -2.49. The van der Waals surface area contributed by atoms with Gasteiger partial charge in [-0.1, -0.05) is 36.8 Å². The SMILES string of the molecule is CN1CCC(OC(=O)C(O)(c2ccccc2)C2CCC2)CC1. The Kier molecular flexibility index (Phi) is 4.50. The van der Waals surface area contributed by atoms with Crippen LogP contribution in [-0.2, 0) is 15.1 Å². The molecule has 2 fully saturated rings. The van der Waals surface area contributed by atoms with Gasteiger partial charge in [0.1, 0.15) is 6.10 Å². The summed E-state index contributed by atoms with van der Waals surface area (Å²) in [5.74, 6) is -0.480. The van der Waals surface area contributed by atoms with Gasteiger partial charge in [-0.3, -0.25) is 0 Å². The average Bonchev–Trinajstić information content (AvgIpc) is 2.48. The highest BCUT2D eigenvalue weighted by atomic mass is 16.6. The third-order valence-corrected chi connectivity index (χ3v) is 5.16. The van der Waals surface area contributed by atoms with E-state index in [-0.39, 0.29) is 12.0 Å². The number of esters is 1. The Balaban J connectivity index is 1.76. The fourth-order valence-corrected chi connectivity index (χ4v) is 3.38. The van der Waals surface area contributed by atoms with Gasteiger partial charge in [-0.05, 0) is 38.3 Å². The summed E-state index contributed by atoms with van der Waals surface area (Å²) >= 11 is 0. The molecule has 1 aromatic rings. The van der Waals surface area contributed by atoms with Gasteiger partial charge >= 0.3 is 5.97 Å². The van der Waals surface area contributed by atoms with Crippen molar-refractivity contribution in [1.29, 1.82) is 0 Å². The smallest absolute Gasteiger partial charge is 0.343 e. The molecule has 0 amide bonds. The van der Waals surface area contributed by atoms with Gasteiger partial charge in [0.15, 0.2) is 5.60 Å². The van der Waals surface area contributed by atoms with Crippen LogP contribution >= 0.6 is 0 Å². The lowest BCUT2D eigenvalue weighted by atomic mass is 9.69. The van der Waals surface area contributed by atoms with E-state index in [9.17, 15) is 9.90 Å². The number of nitrogens with zero attached hydrogens (tertiary/aromatic N) is 1. The van der Waals surface area contributed by atoms with Gasteiger partial charge in [-0.25, -0.2) is 4.79 Å². The van der Waals surface area contributed by atoms with Crippen molar-refractivity contribution < 1.29 is 14.6 Å². The highest BCUT2D eigenvalue weighted by Crippen LogP contribution is 2.43. The maximum Gasteiger partial charge on any atom is 0.343 e. The summed E-state index contributed by atoms with van der Waals surface area (Å²) in [5, 5.41) is 11.2. The third kappa shape index (κ3) is 2.90. The quantitative estimate of drug-likeness (QED) is 0.867. The second-order valence-electron chi connectivity index (χ2n) is 6.67. The molecule has 120 valence electrons. The van der Waals surface area contributed by atoms with Crippen LogP contribution in [0.2, 0.25) is 0 Å². The standard InChI is InChI=1S/C18H25NO3/c1-19-12-10-16(11-13-19)22-17(20)18(21,15-8-5-9-15)14-6-3-2-4-7-14/h2-4,6-7,15-16,21H,5,8-13H2,1H3. The minimum Gasteiger partial charge on any atom is -0.460 e. The van der Waals surface area contributed by atoms with E-state index < -0.39 is 11.6 Å². The minimum absolute atomic E-state index is 0.0198. The van der Waals surface area contributed by atoms with Crippen molar-refractivity contribution in [2.45, 2.75) is 43.8 Å². The number of hydrogen-bond acceptors (Lipinski definition) is 4. The van der Waals surface area contributed by atoms with E-state index in [1.807, 2.05) is 30.3 Å². The van der Waals surface area contributed by atoms with Gasteiger partial charge < -0.3 is 14.7 Å².